The summed E-state index contributed by atoms with van der Waals surface area (Å²) in [5.41, 5.74) is 2.96. The Hall–Kier alpha value is -2.40. The molecule has 0 aliphatic carbocycles. The standard InChI is InChI=1S/C21H27N3O2/c1-15(18-4-3-9-22-13-18)14-24-10-7-17(8-11-24)20-12-19(23-16(2)25)5-6-21(20)26/h3-6,9,12-13,15,17,26H,7-8,10-11,14H2,1-2H3,(H,23,25). The SMILES string of the molecule is CC(=O)Nc1ccc(O)c(C2CCN(CC(C)c3cccnc3)CC2)c1. The van der Waals surface area contributed by atoms with E-state index in [0.29, 0.717) is 17.6 Å². The van der Waals surface area contributed by atoms with Crippen molar-refractivity contribution in [3.05, 3.63) is 53.9 Å². The minimum Gasteiger partial charge on any atom is -0.508 e. The Morgan fingerprint density at radius 3 is 2.77 bits per heavy atom. The molecule has 5 heteroatoms. The van der Waals surface area contributed by atoms with Gasteiger partial charge in [0.25, 0.3) is 0 Å². The zero-order valence-electron chi connectivity index (χ0n) is 15.5. The molecule has 26 heavy (non-hydrogen) atoms. The summed E-state index contributed by atoms with van der Waals surface area (Å²) in [6, 6.07) is 9.45. The number of amides is 1. The van der Waals surface area contributed by atoms with Crippen LogP contribution in [0.3, 0.4) is 0 Å². The molecule has 2 heterocycles. The largest absolute Gasteiger partial charge is 0.508 e. The lowest BCUT2D eigenvalue weighted by Gasteiger charge is -2.34. The first kappa shape index (κ1) is 18.4. The second-order valence-electron chi connectivity index (χ2n) is 7.22. The lowest BCUT2D eigenvalue weighted by atomic mass is 9.88. The molecule has 0 bridgehead atoms. The van der Waals surface area contributed by atoms with Crippen molar-refractivity contribution >= 4 is 11.6 Å². The highest BCUT2D eigenvalue weighted by atomic mass is 16.3. The topological polar surface area (TPSA) is 65.5 Å². The Labute approximate surface area is 155 Å². The molecule has 0 saturated carbocycles. The van der Waals surface area contributed by atoms with E-state index in [1.54, 1.807) is 12.1 Å². The first-order valence-electron chi connectivity index (χ1n) is 9.25. The first-order chi connectivity index (χ1) is 12.5. The molecule has 2 aromatic rings. The van der Waals surface area contributed by atoms with E-state index >= 15 is 0 Å². The van der Waals surface area contributed by atoms with Gasteiger partial charge in [-0.1, -0.05) is 13.0 Å². The Bertz CT molecular complexity index is 740. The molecular weight excluding hydrogens is 326 g/mol. The number of anilines is 1. The van der Waals surface area contributed by atoms with Gasteiger partial charge in [0.1, 0.15) is 5.75 Å². The van der Waals surface area contributed by atoms with E-state index in [2.05, 4.69) is 28.2 Å². The van der Waals surface area contributed by atoms with Crippen molar-refractivity contribution in [1.29, 1.82) is 0 Å². The van der Waals surface area contributed by atoms with Gasteiger partial charge in [-0.25, -0.2) is 0 Å². The van der Waals surface area contributed by atoms with Crippen molar-refractivity contribution in [2.24, 2.45) is 0 Å². The summed E-state index contributed by atoms with van der Waals surface area (Å²) in [4.78, 5) is 18.0. The monoisotopic (exact) mass is 353 g/mol. The summed E-state index contributed by atoms with van der Waals surface area (Å²) in [6.07, 6.45) is 5.78. The van der Waals surface area contributed by atoms with E-state index in [1.165, 1.54) is 12.5 Å². The third kappa shape index (κ3) is 4.61. The number of carbonyl (C=O) groups is 1. The molecule has 5 nitrogen and oxygen atoms in total. The first-order valence-corrected chi connectivity index (χ1v) is 9.25. The normalized spacial score (nSPS) is 17.0. The summed E-state index contributed by atoms with van der Waals surface area (Å²) in [7, 11) is 0. The number of phenolic OH excluding ortho intramolecular Hbond substituents is 1. The van der Waals surface area contributed by atoms with Crippen LogP contribution in [-0.2, 0) is 4.79 Å². The predicted octanol–water partition coefficient (Wildman–Crippen LogP) is 3.73. The number of hydrogen-bond acceptors (Lipinski definition) is 4. The Morgan fingerprint density at radius 2 is 2.12 bits per heavy atom. The third-order valence-electron chi connectivity index (χ3n) is 5.16. The van der Waals surface area contributed by atoms with Crippen LogP contribution >= 0.6 is 0 Å². The lowest BCUT2D eigenvalue weighted by Crippen LogP contribution is -2.35. The summed E-state index contributed by atoms with van der Waals surface area (Å²) in [5, 5.41) is 13.0. The van der Waals surface area contributed by atoms with E-state index in [1.807, 2.05) is 24.5 Å². The number of likely N-dealkylation sites (tertiary alicyclic amines) is 1. The highest BCUT2D eigenvalue weighted by Crippen LogP contribution is 2.35. The molecule has 138 valence electrons. The molecule has 1 amide bonds. The molecular formula is C21H27N3O2. The zero-order valence-corrected chi connectivity index (χ0v) is 15.5. The van der Waals surface area contributed by atoms with Crippen LogP contribution in [0.1, 0.15) is 49.7 Å². The number of phenols is 1. The molecule has 1 atom stereocenters. The number of carbonyl (C=O) groups excluding carboxylic acids is 1. The van der Waals surface area contributed by atoms with Crippen molar-refractivity contribution in [2.45, 2.75) is 38.5 Å². The van der Waals surface area contributed by atoms with Crippen LogP contribution in [-0.4, -0.2) is 40.5 Å². The molecule has 1 aromatic carbocycles. The van der Waals surface area contributed by atoms with Gasteiger partial charge < -0.3 is 15.3 Å². The van der Waals surface area contributed by atoms with Crippen LogP contribution in [0, 0.1) is 0 Å². The number of hydrogen-bond donors (Lipinski definition) is 2. The third-order valence-corrected chi connectivity index (χ3v) is 5.16. The van der Waals surface area contributed by atoms with Crippen LogP contribution in [0.2, 0.25) is 0 Å². The molecule has 0 radical (unpaired) electrons. The average Bonchev–Trinajstić information content (AvgIpc) is 2.64. The van der Waals surface area contributed by atoms with Gasteiger partial charge in [0.2, 0.25) is 5.91 Å². The van der Waals surface area contributed by atoms with Crippen molar-refractivity contribution in [3.8, 4) is 5.75 Å². The van der Waals surface area contributed by atoms with Crippen LogP contribution in [0.4, 0.5) is 5.69 Å². The quantitative estimate of drug-likeness (QED) is 0.804. The van der Waals surface area contributed by atoms with Crippen LogP contribution in [0.25, 0.3) is 0 Å². The van der Waals surface area contributed by atoms with Gasteiger partial charge in [0.05, 0.1) is 0 Å². The fraction of sp³-hybridized carbons (Fsp3) is 0.429. The Kier molecular flexibility index (Phi) is 5.89. The molecule has 1 unspecified atom stereocenters. The fourth-order valence-corrected chi connectivity index (χ4v) is 3.75. The van der Waals surface area contributed by atoms with Crippen molar-refractivity contribution in [2.75, 3.05) is 25.0 Å². The smallest absolute Gasteiger partial charge is 0.221 e. The van der Waals surface area contributed by atoms with Crippen molar-refractivity contribution < 1.29 is 9.90 Å². The summed E-state index contributed by atoms with van der Waals surface area (Å²) < 4.78 is 0. The number of piperidine rings is 1. The fourth-order valence-electron chi connectivity index (χ4n) is 3.75. The van der Waals surface area contributed by atoms with E-state index in [-0.39, 0.29) is 5.91 Å². The maximum atomic E-state index is 11.3. The highest BCUT2D eigenvalue weighted by Gasteiger charge is 2.24. The van der Waals surface area contributed by atoms with Gasteiger partial charge in [-0.15, -0.1) is 0 Å². The van der Waals surface area contributed by atoms with Crippen molar-refractivity contribution in [3.63, 3.8) is 0 Å². The number of nitrogens with one attached hydrogen (secondary N) is 1. The van der Waals surface area contributed by atoms with Crippen LogP contribution in [0.15, 0.2) is 42.7 Å². The zero-order chi connectivity index (χ0) is 18.5. The number of rotatable bonds is 5. The summed E-state index contributed by atoms with van der Waals surface area (Å²) in [5.74, 6) is 1.01. The molecule has 1 aliphatic rings. The molecule has 2 N–H and O–H groups in total. The van der Waals surface area contributed by atoms with Crippen LogP contribution in [0.5, 0.6) is 5.75 Å². The number of nitrogens with zero attached hydrogens (tertiary/aromatic N) is 2. The van der Waals surface area contributed by atoms with Crippen LogP contribution < -0.4 is 5.32 Å². The van der Waals surface area contributed by atoms with E-state index in [4.69, 9.17) is 0 Å². The van der Waals surface area contributed by atoms with E-state index in [0.717, 1.165) is 43.7 Å². The minimum absolute atomic E-state index is 0.0964. The van der Waals surface area contributed by atoms with Gasteiger partial charge in [0, 0.05) is 31.5 Å². The summed E-state index contributed by atoms with van der Waals surface area (Å²) in [6.45, 7) is 6.79. The Morgan fingerprint density at radius 1 is 1.35 bits per heavy atom. The van der Waals surface area contributed by atoms with Crippen molar-refractivity contribution in [1.82, 2.24) is 9.88 Å². The Balaban J connectivity index is 1.59. The number of aromatic nitrogens is 1. The minimum atomic E-state index is -0.0964. The molecule has 3 rings (SSSR count). The van der Waals surface area contributed by atoms with Gasteiger partial charge in [0.15, 0.2) is 0 Å². The molecule has 0 spiro atoms. The number of pyridine rings is 1. The molecule has 1 aliphatic heterocycles. The molecule has 1 aromatic heterocycles. The molecule has 1 saturated heterocycles. The second-order valence-corrected chi connectivity index (χ2v) is 7.22. The predicted molar refractivity (Wildman–Crippen MR) is 103 cm³/mol. The van der Waals surface area contributed by atoms with E-state index < -0.39 is 0 Å². The molecule has 1 fully saturated rings. The van der Waals surface area contributed by atoms with E-state index in [9.17, 15) is 9.90 Å². The maximum Gasteiger partial charge on any atom is 0.221 e. The average molecular weight is 353 g/mol. The summed E-state index contributed by atoms with van der Waals surface area (Å²) >= 11 is 0. The number of aromatic hydroxyl groups is 1. The maximum absolute atomic E-state index is 11.3. The van der Waals surface area contributed by atoms with Gasteiger partial charge in [-0.3, -0.25) is 9.78 Å². The van der Waals surface area contributed by atoms with Gasteiger partial charge in [-0.05, 0) is 73.2 Å². The highest BCUT2D eigenvalue weighted by molar-refractivity contribution is 5.88. The number of benzene rings is 1. The van der Waals surface area contributed by atoms with Gasteiger partial charge in [-0.2, -0.15) is 0 Å². The van der Waals surface area contributed by atoms with Gasteiger partial charge >= 0.3 is 0 Å². The second kappa shape index (κ2) is 8.32. The lowest BCUT2D eigenvalue weighted by molar-refractivity contribution is -0.114.